The zero-order valence-corrected chi connectivity index (χ0v) is 11.7. The maximum Gasteiger partial charge on any atom is 0.0525 e. The van der Waals surface area contributed by atoms with Crippen molar-refractivity contribution in [2.75, 3.05) is 5.32 Å². The van der Waals surface area contributed by atoms with Crippen LogP contribution in [0.5, 0.6) is 0 Å². The lowest BCUT2D eigenvalue weighted by Crippen LogP contribution is -2.10. The molecule has 1 unspecified atom stereocenters. The molecule has 2 aromatic rings. The summed E-state index contributed by atoms with van der Waals surface area (Å²) in [5.41, 5.74) is 2.17. The van der Waals surface area contributed by atoms with Crippen LogP contribution in [0.25, 0.3) is 0 Å². The Morgan fingerprint density at radius 3 is 2.39 bits per heavy atom. The van der Waals surface area contributed by atoms with Crippen molar-refractivity contribution in [2.45, 2.75) is 19.4 Å². The third kappa shape index (κ3) is 3.18. The largest absolute Gasteiger partial charge is 0.378 e. The van der Waals surface area contributed by atoms with Gasteiger partial charge in [-0.05, 0) is 36.2 Å². The summed E-state index contributed by atoms with van der Waals surface area (Å²) < 4.78 is 0. The molecule has 94 valence electrons. The highest BCUT2D eigenvalue weighted by Crippen LogP contribution is 2.30. The van der Waals surface area contributed by atoms with Gasteiger partial charge in [0.2, 0.25) is 0 Å². The van der Waals surface area contributed by atoms with Gasteiger partial charge in [-0.3, -0.25) is 0 Å². The summed E-state index contributed by atoms with van der Waals surface area (Å²) in [6.07, 6.45) is 0.955. The minimum atomic E-state index is 0.192. The number of benzene rings is 2. The Labute approximate surface area is 118 Å². The van der Waals surface area contributed by atoms with Crippen LogP contribution in [0.15, 0.2) is 48.5 Å². The van der Waals surface area contributed by atoms with Gasteiger partial charge in [0, 0.05) is 15.7 Å². The molecule has 0 heterocycles. The van der Waals surface area contributed by atoms with Crippen LogP contribution in [0.3, 0.4) is 0 Å². The van der Waals surface area contributed by atoms with Crippen molar-refractivity contribution < 1.29 is 0 Å². The lowest BCUT2D eigenvalue weighted by molar-refractivity contribution is 0.750. The maximum atomic E-state index is 6.24. The van der Waals surface area contributed by atoms with Gasteiger partial charge in [0.1, 0.15) is 0 Å². The van der Waals surface area contributed by atoms with Gasteiger partial charge in [-0.2, -0.15) is 0 Å². The summed E-state index contributed by atoms with van der Waals surface area (Å²) in [6, 6.07) is 16.0. The number of rotatable bonds is 4. The first-order chi connectivity index (χ1) is 8.70. The molecule has 2 rings (SSSR count). The molecular formula is C15H15Cl2N. The smallest absolute Gasteiger partial charge is 0.0525 e. The van der Waals surface area contributed by atoms with E-state index < -0.39 is 0 Å². The molecule has 0 saturated heterocycles. The van der Waals surface area contributed by atoms with E-state index in [0.717, 1.165) is 17.7 Å². The van der Waals surface area contributed by atoms with Crippen LogP contribution in [0, 0.1) is 0 Å². The van der Waals surface area contributed by atoms with Crippen molar-refractivity contribution in [1.29, 1.82) is 0 Å². The van der Waals surface area contributed by atoms with Gasteiger partial charge in [0.05, 0.1) is 6.04 Å². The fourth-order valence-corrected chi connectivity index (χ4v) is 2.46. The molecule has 0 spiro atoms. The van der Waals surface area contributed by atoms with Crippen LogP contribution < -0.4 is 5.32 Å². The summed E-state index contributed by atoms with van der Waals surface area (Å²) in [6.45, 7) is 2.13. The third-order valence-electron chi connectivity index (χ3n) is 2.86. The first-order valence-electron chi connectivity index (χ1n) is 5.97. The predicted molar refractivity (Wildman–Crippen MR) is 79.6 cm³/mol. The molecule has 1 atom stereocenters. The number of nitrogens with one attached hydrogen (secondary N) is 1. The van der Waals surface area contributed by atoms with Crippen LogP contribution in [-0.4, -0.2) is 0 Å². The maximum absolute atomic E-state index is 6.24. The average Bonchev–Trinajstić information content (AvgIpc) is 2.38. The molecule has 18 heavy (non-hydrogen) atoms. The zero-order chi connectivity index (χ0) is 13.0. The third-order valence-corrected chi connectivity index (χ3v) is 3.42. The van der Waals surface area contributed by atoms with E-state index >= 15 is 0 Å². The van der Waals surface area contributed by atoms with Gasteiger partial charge in [-0.25, -0.2) is 0 Å². The molecule has 0 radical (unpaired) electrons. The van der Waals surface area contributed by atoms with Gasteiger partial charge in [0.15, 0.2) is 0 Å². The number of para-hydroxylation sites is 1. The van der Waals surface area contributed by atoms with Gasteiger partial charge < -0.3 is 5.32 Å². The summed E-state index contributed by atoms with van der Waals surface area (Å²) in [7, 11) is 0. The van der Waals surface area contributed by atoms with E-state index in [1.54, 1.807) is 6.07 Å². The molecule has 1 N–H and O–H groups in total. The van der Waals surface area contributed by atoms with Gasteiger partial charge in [-0.1, -0.05) is 54.4 Å². The van der Waals surface area contributed by atoms with Gasteiger partial charge >= 0.3 is 0 Å². The second kappa shape index (κ2) is 6.12. The van der Waals surface area contributed by atoms with Crippen LogP contribution >= 0.6 is 23.2 Å². The number of hydrogen-bond acceptors (Lipinski definition) is 1. The molecule has 0 saturated carbocycles. The molecule has 0 aliphatic rings. The predicted octanol–water partition coefficient (Wildman–Crippen LogP) is 5.56. The van der Waals surface area contributed by atoms with E-state index in [1.807, 2.05) is 42.5 Å². The fraction of sp³-hybridized carbons (Fsp3) is 0.200. The van der Waals surface area contributed by atoms with Crippen molar-refractivity contribution in [3.05, 3.63) is 64.1 Å². The lowest BCUT2D eigenvalue weighted by Gasteiger charge is -2.20. The fourth-order valence-electron chi connectivity index (χ4n) is 1.92. The molecule has 1 nitrogen and oxygen atoms in total. The molecule has 0 amide bonds. The van der Waals surface area contributed by atoms with Gasteiger partial charge in [-0.15, -0.1) is 0 Å². The molecule has 0 fully saturated rings. The molecule has 0 aliphatic heterocycles. The Kier molecular flexibility index (Phi) is 4.51. The van der Waals surface area contributed by atoms with E-state index in [1.165, 1.54) is 0 Å². The van der Waals surface area contributed by atoms with Crippen molar-refractivity contribution in [3.8, 4) is 0 Å². The molecular weight excluding hydrogens is 265 g/mol. The quantitative estimate of drug-likeness (QED) is 0.773. The van der Waals surface area contributed by atoms with E-state index in [9.17, 15) is 0 Å². The summed E-state index contributed by atoms with van der Waals surface area (Å²) in [5, 5.41) is 4.85. The lowest BCUT2D eigenvalue weighted by atomic mass is 10.0. The van der Waals surface area contributed by atoms with Crippen molar-refractivity contribution >= 4 is 28.9 Å². The summed E-state index contributed by atoms with van der Waals surface area (Å²) in [5.74, 6) is 0. The highest BCUT2D eigenvalue weighted by molar-refractivity contribution is 6.35. The van der Waals surface area contributed by atoms with Crippen LogP contribution in [0.1, 0.15) is 24.9 Å². The Hall–Kier alpha value is -1.18. The highest BCUT2D eigenvalue weighted by atomic mass is 35.5. The Balaban J connectivity index is 2.23. The van der Waals surface area contributed by atoms with E-state index in [4.69, 9.17) is 23.2 Å². The van der Waals surface area contributed by atoms with Crippen molar-refractivity contribution in [3.63, 3.8) is 0 Å². The Morgan fingerprint density at radius 2 is 1.78 bits per heavy atom. The normalized spacial score (nSPS) is 12.2. The number of anilines is 1. The highest BCUT2D eigenvalue weighted by Gasteiger charge is 2.12. The van der Waals surface area contributed by atoms with Crippen molar-refractivity contribution in [1.82, 2.24) is 0 Å². The molecule has 0 bridgehead atoms. The summed E-state index contributed by atoms with van der Waals surface area (Å²) >= 11 is 12.2. The molecule has 2 aromatic carbocycles. The first kappa shape index (κ1) is 13.3. The number of hydrogen-bond donors (Lipinski definition) is 1. The Morgan fingerprint density at radius 1 is 1.06 bits per heavy atom. The van der Waals surface area contributed by atoms with Gasteiger partial charge in [0.25, 0.3) is 0 Å². The minimum absolute atomic E-state index is 0.192. The van der Waals surface area contributed by atoms with E-state index in [0.29, 0.717) is 10.0 Å². The first-order valence-corrected chi connectivity index (χ1v) is 6.73. The standard InChI is InChI=1S/C15H15Cl2N/c1-2-15(18-12-6-4-3-5-7-12)13-9-8-11(16)10-14(13)17/h3-10,15,18H,2H2,1H3. The molecule has 0 aromatic heterocycles. The number of halogens is 2. The Bertz CT molecular complexity index is 511. The van der Waals surface area contributed by atoms with Crippen LogP contribution in [0.2, 0.25) is 10.0 Å². The van der Waals surface area contributed by atoms with Crippen LogP contribution in [0.4, 0.5) is 5.69 Å². The van der Waals surface area contributed by atoms with Crippen LogP contribution in [-0.2, 0) is 0 Å². The zero-order valence-electron chi connectivity index (χ0n) is 10.2. The molecule has 0 aliphatic carbocycles. The monoisotopic (exact) mass is 279 g/mol. The molecule has 3 heteroatoms. The second-order valence-electron chi connectivity index (χ2n) is 4.14. The second-order valence-corrected chi connectivity index (χ2v) is 4.98. The SMILES string of the molecule is CCC(Nc1ccccc1)c1ccc(Cl)cc1Cl. The van der Waals surface area contributed by atoms with E-state index in [2.05, 4.69) is 12.2 Å². The minimum Gasteiger partial charge on any atom is -0.378 e. The topological polar surface area (TPSA) is 12.0 Å². The summed E-state index contributed by atoms with van der Waals surface area (Å²) in [4.78, 5) is 0. The van der Waals surface area contributed by atoms with Crippen molar-refractivity contribution in [2.24, 2.45) is 0 Å². The van der Waals surface area contributed by atoms with E-state index in [-0.39, 0.29) is 6.04 Å². The average molecular weight is 280 g/mol.